The quantitative estimate of drug-likeness (QED) is 0.144. The Balaban J connectivity index is 1.39. The standard InChI is InChI=1S/C48H34N4/c1-31-36-21-13-27-51(30-42(32-14-4-2-5-15-32)50-41-23-11-10-22-40(41)49)43-25-26-45-48(46(31)43)47-37(39-29-34-17-9-8-16-33(34)28-38(36)39)20-12-24-44(47)52(45)35-18-6-3-7-19-35/h2-29H,1,30,49H2. The molecule has 246 valence electrons. The highest BCUT2D eigenvalue weighted by molar-refractivity contribution is 6.32. The maximum absolute atomic E-state index is 6.44. The van der Waals surface area contributed by atoms with Gasteiger partial charge < -0.3 is 14.9 Å². The molecule has 0 saturated heterocycles. The first-order chi connectivity index (χ1) is 25.6. The third-order valence-corrected chi connectivity index (χ3v) is 10.5. The Labute approximate surface area is 300 Å². The van der Waals surface area contributed by atoms with Crippen LogP contribution in [0.4, 0.5) is 11.4 Å². The second-order valence-electron chi connectivity index (χ2n) is 13.5. The van der Waals surface area contributed by atoms with Crippen LogP contribution in [0.25, 0.3) is 77.3 Å². The fraction of sp³-hybridized carbons (Fsp3) is 0.0208. The Morgan fingerprint density at radius 2 is 1.17 bits per heavy atom. The van der Waals surface area contributed by atoms with Gasteiger partial charge in [-0.3, -0.25) is 0 Å². The molecule has 0 unspecified atom stereocenters. The van der Waals surface area contributed by atoms with Crippen molar-refractivity contribution >= 4 is 88.7 Å². The van der Waals surface area contributed by atoms with Gasteiger partial charge in [-0.25, -0.2) is 4.99 Å². The van der Waals surface area contributed by atoms with E-state index in [4.69, 9.17) is 17.3 Å². The molecular formula is C48H34N4. The molecule has 4 heteroatoms. The molecule has 0 spiro atoms. The molecule has 0 fully saturated rings. The van der Waals surface area contributed by atoms with Crippen LogP contribution in [0.5, 0.6) is 0 Å². The number of nitrogens with two attached hydrogens (primary N) is 1. The predicted octanol–water partition coefficient (Wildman–Crippen LogP) is 11.3. The lowest BCUT2D eigenvalue weighted by Gasteiger charge is -2.16. The second kappa shape index (κ2) is 11.9. The zero-order valence-corrected chi connectivity index (χ0v) is 28.5. The molecule has 10 rings (SSSR count). The van der Waals surface area contributed by atoms with Crippen molar-refractivity contribution in [3.05, 3.63) is 181 Å². The van der Waals surface area contributed by atoms with Gasteiger partial charge in [0.1, 0.15) is 0 Å². The van der Waals surface area contributed by atoms with Crippen molar-refractivity contribution < 1.29 is 0 Å². The molecule has 0 aliphatic carbocycles. The molecule has 2 N–H and O–H groups in total. The van der Waals surface area contributed by atoms with Crippen LogP contribution in [-0.2, 0) is 6.54 Å². The highest BCUT2D eigenvalue weighted by Crippen LogP contribution is 2.41. The fourth-order valence-corrected chi connectivity index (χ4v) is 8.12. The minimum atomic E-state index is 0.523. The predicted molar refractivity (Wildman–Crippen MR) is 222 cm³/mol. The lowest BCUT2D eigenvalue weighted by molar-refractivity contribution is 0.887. The summed E-state index contributed by atoms with van der Waals surface area (Å²) in [4.78, 5) is 5.20. The average molecular weight is 667 g/mol. The van der Waals surface area contributed by atoms with Gasteiger partial charge in [0.15, 0.2) is 0 Å². The summed E-state index contributed by atoms with van der Waals surface area (Å²) in [5, 5.41) is 11.7. The number of nitrogen functional groups attached to an aromatic ring is 1. The first kappa shape index (κ1) is 30.0. The topological polar surface area (TPSA) is 48.2 Å². The van der Waals surface area contributed by atoms with E-state index < -0.39 is 0 Å². The van der Waals surface area contributed by atoms with E-state index in [9.17, 15) is 0 Å². The Bertz CT molecular complexity index is 3110. The van der Waals surface area contributed by atoms with Gasteiger partial charge in [-0.2, -0.15) is 0 Å². The number of fused-ring (bicyclic) bond motifs is 5. The molecule has 52 heavy (non-hydrogen) atoms. The SMILES string of the molecule is C=c1c2cccn(CC(=Nc3ccccc3N)c3ccccc3)c3ccc4c(c13)c1c(cccc1n4-c1ccccc1)c1cc3ccccc3cc21. The van der Waals surface area contributed by atoms with Gasteiger partial charge in [0, 0.05) is 33.6 Å². The molecule has 2 heterocycles. The molecule has 0 saturated carbocycles. The van der Waals surface area contributed by atoms with Crippen molar-refractivity contribution in [2.75, 3.05) is 5.73 Å². The van der Waals surface area contributed by atoms with Crippen LogP contribution in [-0.4, -0.2) is 14.8 Å². The number of hydrogen-bond donors (Lipinski definition) is 1. The first-order valence-corrected chi connectivity index (χ1v) is 17.7. The van der Waals surface area contributed by atoms with Crippen molar-refractivity contribution in [3.8, 4) is 5.69 Å². The van der Waals surface area contributed by atoms with Crippen molar-refractivity contribution in [1.29, 1.82) is 0 Å². The van der Waals surface area contributed by atoms with Crippen LogP contribution in [0.2, 0.25) is 0 Å². The van der Waals surface area contributed by atoms with Crippen LogP contribution < -0.4 is 11.0 Å². The van der Waals surface area contributed by atoms with E-state index in [1.807, 2.05) is 30.3 Å². The largest absolute Gasteiger partial charge is 0.397 e. The summed E-state index contributed by atoms with van der Waals surface area (Å²) in [7, 11) is 0. The van der Waals surface area contributed by atoms with E-state index in [0.717, 1.165) is 49.7 Å². The van der Waals surface area contributed by atoms with Gasteiger partial charge in [-0.1, -0.05) is 110 Å². The summed E-state index contributed by atoms with van der Waals surface area (Å²) < 4.78 is 4.72. The minimum Gasteiger partial charge on any atom is -0.397 e. The first-order valence-electron chi connectivity index (χ1n) is 17.7. The van der Waals surface area contributed by atoms with Crippen molar-refractivity contribution in [2.45, 2.75) is 6.54 Å². The normalized spacial score (nSPS) is 12.2. The van der Waals surface area contributed by atoms with Gasteiger partial charge >= 0.3 is 0 Å². The Hall–Kier alpha value is -6.91. The zero-order valence-electron chi connectivity index (χ0n) is 28.5. The third kappa shape index (κ3) is 4.65. The van der Waals surface area contributed by atoms with Gasteiger partial charge in [0.05, 0.1) is 34.7 Å². The van der Waals surface area contributed by atoms with Gasteiger partial charge in [-0.15, -0.1) is 0 Å². The summed E-state index contributed by atoms with van der Waals surface area (Å²) in [6, 6.07) is 57.9. The van der Waals surface area contributed by atoms with E-state index in [2.05, 4.69) is 149 Å². The molecule has 0 amide bonds. The number of anilines is 1. The van der Waals surface area contributed by atoms with E-state index in [1.165, 1.54) is 43.2 Å². The molecule has 0 atom stereocenters. The molecule has 2 bridgehead atoms. The van der Waals surface area contributed by atoms with Crippen LogP contribution in [0, 0.1) is 0 Å². The molecule has 8 aromatic carbocycles. The number of benzene rings is 7. The molecule has 0 aliphatic rings. The number of para-hydroxylation sites is 3. The third-order valence-electron chi connectivity index (χ3n) is 10.5. The molecule has 0 radical (unpaired) electrons. The summed E-state index contributed by atoms with van der Waals surface area (Å²) >= 11 is 0. The van der Waals surface area contributed by atoms with Crippen LogP contribution in [0.15, 0.2) is 175 Å². The van der Waals surface area contributed by atoms with Crippen LogP contribution >= 0.6 is 0 Å². The number of rotatable bonds is 5. The molecule has 4 nitrogen and oxygen atoms in total. The molecular weight excluding hydrogens is 633 g/mol. The minimum absolute atomic E-state index is 0.523. The van der Waals surface area contributed by atoms with Gasteiger partial charge in [0.2, 0.25) is 0 Å². The molecule has 10 aromatic rings. The average Bonchev–Trinajstić information content (AvgIpc) is 3.53. The Morgan fingerprint density at radius 3 is 1.94 bits per heavy atom. The summed E-state index contributed by atoms with van der Waals surface area (Å²) in [5.74, 6) is 0. The van der Waals surface area contributed by atoms with E-state index in [1.54, 1.807) is 0 Å². The number of aliphatic imine (C=N–C) groups is 1. The highest BCUT2D eigenvalue weighted by Gasteiger charge is 2.20. The fourth-order valence-electron chi connectivity index (χ4n) is 8.12. The Morgan fingerprint density at radius 1 is 0.538 bits per heavy atom. The number of hydrogen-bond acceptors (Lipinski definition) is 2. The smallest absolute Gasteiger partial charge is 0.0863 e. The zero-order chi connectivity index (χ0) is 34.8. The van der Waals surface area contributed by atoms with Gasteiger partial charge in [0.25, 0.3) is 0 Å². The van der Waals surface area contributed by atoms with E-state index in [-0.39, 0.29) is 0 Å². The molecule has 2 aromatic heterocycles. The van der Waals surface area contributed by atoms with Crippen molar-refractivity contribution in [1.82, 2.24) is 9.13 Å². The Kier molecular flexibility index (Phi) is 6.83. The summed E-state index contributed by atoms with van der Waals surface area (Å²) in [6.45, 7) is 5.45. The second-order valence-corrected chi connectivity index (χ2v) is 13.5. The van der Waals surface area contributed by atoms with Crippen molar-refractivity contribution in [2.24, 2.45) is 4.99 Å². The van der Waals surface area contributed by atoms with Crippen molar-refractivity contribution in [3.63, 3.8) is 0 Å². The van der Waals surface area contributed by atoms with E-state index >= 15 is 0 Å². The highest BCUT2D eigenvalue weighted by atomic mass is 15.0. The van der Waals surface area contributed by atoms with Crippen LogP contribution in [0.3, 0.4) is 0 Å². The number of aromatic nitrogens is 2. The monoisotopic (exact) mass is 666 g/mol. The van der Waals surface area contributed by atoms with Gasteiger partial charge in [-0.05, 0) is 104 Å². The number of nitrogens with zero attached hydrogens (tertiary/aromatic N) is 3. The van der Waals surface area contributed by atoms with Crippen LogP contribution in [0.1, 0.15) is 5.56 Å². The maximum atomic E-state index is 6.44. The summed E-state index contributed by atoms with van der Waals surface area (Å²) in [6.07, 6.45) is 2.18. The lowest BCUT2D eigenvalue weighted by atomic mass is 9.94. The maximum Gasteiger partial charge on any atom is 0.0863 e. The molecule has 0 aliphatic heterocycles. The van der Waals surface area contributed by atoms with E-state index in [0.29, 0.717) is 12.2 Å². The summed E-state index contributed by atoms with van der Waals surface area (Å²) in [5.41, 5.74) is 14.3. The lowest BCUT2D eigenvalue weighted by Crippen LogP contribution is -2.14.